The monoisotopic (exact) mass is 444 g/mol. The minimum Gasteiger partial charge on any atom is -0.480 e. The Balaban J connectivity index is 1.70. The molecule has 2 aliphatic rings. The molecular weight excluding hydrogens is 408 g/mol. The Kier molecular flexibility index (Phi) is 8.26. The van der Waals surface area contributed by atoms with Gasteiger partial charge in [-0.25, -0.2) is 0 Å². The van der Waals surface area contributed by atoms with Crippen molar-refractivity contribution in [2.45, 2.75) is 76.0 Å². The molecule has 1 saturated heterocycles. The van der Waals surface area contributed by atoms with Crippen LogP contribution >= 0.6 is 0 Å². The molecule has 2 atom stereocenters. The number of hydrogen-bond acceptors (Lipinski definition) is 5. The lowest BCUT2D eigenvalue weighted by molar-refractivity contribution is -0.143. The van der Waals surface area contributed by atoms with E-state index in [0.29, 0.717) is 37.4 Å². The summed E-state index contributed by atoms with van der Waals surface area (Å²) in [5.41, 5.74) is 5.96. The summed E-state index contributed by atoms with van der Waals surface area (Å²) in [6.45, 7) is 0.610. The average molecular weight is 445 g/mol. The van der Waals surface area contributed by atoms with Crippen LogP contribution in [0.4, 0.5) is 0 Å². The number of carbonyl (C=O) groups excluding carboxylic acids is 1. The van der Waals surface area contributed by atoms with E-state index in [4.69, 9.17) is 11.1 Å². The Morgan fingerprint density at radius 2 is 1.88 bits per heavy atom. The Morgan fingerprint density at radius 1 is 1.19 bits per heavy atom. The highest BCUT2D eigenvalue weighted by atomic mass is 16.4. The summed E-state index contributed by atoms with van der Waals surface area (Å²) >= 11 is 0. The highest BCUT2D eigenvalue weighted by Crippen LogP contribution is 2.36. The van der Waals surface area contributed by atoms with Gasteiger partial charge in [0.05, 0.1) is 12.6 Å². The van der Waals surface area contributed by atoms with Gasteiger partial charge in [0, 0.05) is 18.5 Å². The number of nitrogens with one attached hydrogen (secondary N) is 2. The van der Waals surface area contributed by atoms with Crippen LogP contribution in [0.5, 0.6) is 0 Å². The van der Waals surface area contributed by atoms with Crippen molar-refractivity contribution in [3.8, 4) is 0 Å². The Labute approximate surface area is 189 Å². The van der Waals surface area contributed by atoms with E-state index in [1.807, 2.05) is 12.1 Å². The molecule has 1 aromatic carbocycles. The lowest BCUT2D eigenvalue weighted by atomic mass is 9.81. The second kappa shape index (κ2) is 10.9. The number of nitrogens with two attached hydrogens (primary N) is 1. The fourth-order valence-electron chi connectivity index (χ4n) is 5.34. The lowest BCUT2D eigenvalue weighted by Gasteiger charge is -2.38. The summed E-state index contributed by atoms with van der Waals surface area (Å²) < 4.78 is 0. The van der Waals surface area contributed by atoms with Crippen molar-refractivity contribution in [3.05, 3.63) is 35.4 Å². The SMILES string of the molecule is N=C(N)c1ccc(CNC(=O)[C@]2(CC(O)CC3CCCCC3)CCCN2CC(=O)O)cc1. The molecule has 0 spiro atoms. The first-order valence-electron chi connectivity index (χ1n) is 11.7. The van der Waals surface area contributed by atoms with E-state index in [9.17, 15) is 19.8 Å². The first kappa shape index (κ1) is 24.2. The van der Waals surface area contributed by atoms with Crippen LogP contribution in [0.3, 0.4) is 0 Å². The van der Waals surface area contributed by atoms with Crippen LogP contribution < -0.4 is 11.1 Å². The normalized spacial score (nSPS) is 23.0. The highest BCUT2D eigenvalue weighted by molar-refractivity contribution is 5.94. The number of nitrogens with zero attached hydrogens (tertiary/aromatic N) is 1. The molecule has 8 nitrogen and oxygen atoms in total. The molecule has 1 aromatic rings. The van der Waals surface area contributed by atoms with Crippen LogP contribution in [-0.2, 0) is 16.1 Å². The number of aliphatic hydroxyl groups is 1. The van der Waals surface area contributed by atoms with E-state index in [0.717, 1.165) is 24.8 Å². The summed E-state index contributed by atoms with van der Waals surface area (Å²) in [5, 5.41) is 30.8. The first-order valence-corrected chi connectivity index (χ1v) is 11.7. The van der Waals surface area contributed by atoms with Crippen molar-refractivity contribution < 1.29 is 19.8 Å². The van der Waals surface area contributed by atoms with Gasteiger partial charge in [-0.2, -0.15) is 0 Å². The maximum Gasteiger partial charge on any atom is 0.317 e. The molecule has 2 fully saturated rings. The molecule has 3 rings (SSSR count). The van der Waals surface area contributed by atoms with E-state index < -0.39 is 17.6 Å². The van der Waals surface area contributed by atoms with Gasteiger partial charge in [-0.1, -0.05) is 56.4 Å². The quantitative estimate of drug-likeness (QED) is 0.277. The second-order valence-electron chi connectivity index (χ2n) is 9.34. The van der Waals surface area contributed by atoms with Gasteiger partial charge in [0.25, 0.3) is 0 Å². The number of rotatable bonds is 10. The minimum atomic E-state index is -1.01. The molecule has 1 heterocycles. The zero-order valence-electron chi connectivity index (χ0n) is 18.7. The number of aliphatic carboxylic acids is 1. The molecule has 1 aliphatic carbocycles. The second-order valence-corrected chi connectivity index (χ2v) is 9.34. The number of carboxylic acids is 1. The van der Waals surface area contributed by atoms with Crippen molar-refractivity contribution in [3.63, 3.8) is 0 Å². The van der Waals surface area contributed by atoms with Crippen molar-refractivity contribution in [2.24, 2.45) is 11.7 Å². The van der Waals surface area contributed by atoms with Crippen molar-refractivity contribution in [2.75, 3.05) is 13.1 Å². The third-order valence-electron chi connectivity index (χ3n) is 6.99. The Bertz CT molecular complexity index is 807. The molecule has 0 aromatic heterocycles. The maximum absolute atomic E-state index is 13.4. The van der Waals surface area contributed by atoms with Crippen molar-refractivity contribution in [1.29, 1.82) is 5.41 Å². The standard InChI is InChI=1S/C24H36N4O4/c25-22(26)19-9-7-18(8-10-19)15-27-23(32)24(11-4-12-28(24)16-21(30)31)14-20(29)13-17-5-2-1-3-6-17/h7-10,17,20,29H,1-6,11-16H2,(H3,25,26)(H,27,32)(H,30,31)/t20?,24-/m1/s1. The van der Waals surface area contributed by atoms with E-state index in [2.05, 4.69) is 5.32 Å². The molecule has 8 heteroatoms. The van der Waals surface area contributed by atoms with Gasteiger partial charge in [0.15, 0.2) is 0 Å². The van der Waals surface area contributed by atoms with Crippen molar-refractivity contribution >= 4 is 17.7 Å². The number of benzene rings is 1. The number of amides is 1. The van der Waals surface area contributed by atoms with Gasteiger partial charge in [0.1, 0.15) is 11.4 Å². The summed E-state index contributed by atoms with van der Waals surface area (Å²) in [7, 11) is 0. The van der Waals surface area contributed by atoms with Crippen LogP contribution in [0.1, 0.15) is 68.9 Å². The smallest absolute Gasteiger partial charge is 0.317 e. The van der Waals surface area contributed by atoms with Crippen LogP contribution in [0.2, 0.25) is 0 Å². The number of carboxylic acid groups (broad SMARTS) is 1. The molecule has 1 amide bonds. The molecule has 176 valence electrons. The molecule has 0 bridgehead atoms. The molecule has 0 radical (unpaired) electrons. The topological polar surface area (TPSA) is 140 Å². The summed E-state index contributed by atoms with van der Waals surface area (Å²) in [5.74, 6) is -0.727. The first-order chi connectivity index (χ1) is 15.3. The van der Waals surface area contributed by atoms with E-state index in [-0.39, 0.29) is 24.7 Å². The number of carbonyl (C=O) groups is 2. The van der Waals surface area contributed by atoms with E-state index >= 15 is 0 Å². The third kappa shape index (κ3) is 6.07. The predicted octanol–water partition coefficient (Wildman–Crippen LogP) is 2.23. The van der Waals surface area contributed by atoms with Gasteiger partial charge >= 0.3 is 5.97 Å². The van der Waals surface area contributed by atoms with Gasteiger partial charge in [-0.15, -0.1) is 0 Å². The van der Waals surface area contributed by atoms with Gasteiger partial charge in [-0.3, -0.25) is 19.9 Å². The van der Waals surface area contributed by atoms with E-state index in [1.54, 1.807) is 17.0 Å². The van der Waals surface area contributed by atoms with Crippen LogP contribution in [0.25, 0.3) is 0 Å². The number of nitrogen functional groups attached to an aromatic ring is 1. The average Bonchev–Trinajstić information content (AvgIpc) is 3.15. The Morgan fingerprint density at radius 3 is 2.50 bits per heavy atom. The van der Waals surface area contributed by atoms with Crippen LogP contribution in [0.15, 0.2) is 24.3 Å². The molecular formula is C24H36N4O4. The lowest BCUT2D eigenvalue weighted by Crippen LogP contribution is -2.58. The third-order valence-corrected chi connectivity index (χ3v) is 6.99. The zero-order chi connectivity index (χ0) is 23.1. The number of hydrogen-bond donors (Lipinski definition) is 5. The van der Waals surface area contributed by atoms with E-state index in [1.165, 1.54) is 19.3 Å². The van der Waals surface area contributed by atoms with Crippen LogP contribution in [0, 0.1) is 11.3 Å². The van der Waals surface area contributed by atoms with Gasteiger partial charge < -0.3 is 21.3 Å². The zero-order valence-corrected chi connectivity index (χ0v) is 18.7. The highest BCUT2D eigenvalue weighted by Gasteiger charge is 2.49. The number of amidine groups is 1. The predicted molar refractivity (Wildman–Crippen MR) is 122 cm³/mol. The maximum atomic E-state index is 13.4. The molecule has 1 saturated carbocycles. The van der Waals surface area contributed by atoms with Crippen LogP contribution in [-0.4, -0.2) is 57.6 Å². The molecule has 1 aliphatic heterocycles. The van der Waals surface area contributed by atoms with Gasteiger partial charge in [0.2, 0.25) is 5.91 Å². The summed E-state index contributed by atoms with van der Waals surface area (Å²) in [4.78, 5) is 26.6. The molecule has 6 N–H and O–H groups in total. The molecule has 32 heavy (non-hydrogen) atoms. The fourth-order valence-corrected chi connectivity index (χ4v) is 5.34. The number of aliphatic hydroxyl groups excluding tert-OH is 1. The molecule has 1 unspecified atom stereocenters. The van der Waals surface area contributed by atoms with Gasteiger partial charge in [-0.05, 0) is 37.3 Å². The van der Waals surface area contributed by atoms with Crippen molar-refractivity contribution in [1.82, 2.24) is 10.2 Å². The summed E-state index contributed by atoms with van der Waals surface area (Å²) in [6, 6.07) is 7.09. The summed E-state index contributed by atoms with van der Waals surface area (Å²) in [6.07, 6.45) is 7.42. The Hall–Kier alpha value is -2.45. The number of likely N-dealkylation sites (tertiary alicyclic amines) is 1. The fraction of sp³-hybridized carbons (Fsp3) is 0.625. The largest absolute Gasteiger partial charge is 0.480 e. The minimum absolute atomic E-state index is 0.0123.